The van der Waals surface area contributed by atoms with Gasteiger partial charge in [-0.25, -0.2) is 0 Å². The van der Waals surface area contributed by atoms with E-state index in [4.69, 9.17) is 9.47 Å². The minimum Gasteiger partial charge on any atom is -0.497 e. The van der Waals surface area contributed by atoms with Crippen molar-refractivity contribution in [1.82, 2.24) is 10.2 Å². The van der Waals surface area contributed by atoms with Gasteiger partial charge in [0.05, 0.1) is 13.7 Å². The third-order valence-corrected chi connectivity index (χ3v) is 6.22. The van der Waals surface area contributed by atoms with Crippen LogP contribution in [0.4, 0.5) is 0 Å². The molecule has 0 aromatic heterocycles. The SMILES string of the molecule is CCN1CCC[C@@H](NC(=O)[C@H]2C[C@@]23CCOc2ccc(OC)cc23)C1. The molecule has 0 radical (unpaired) electrons. The Hall–Kier alpha value is -1.75. The predicted octanol–water partition coefficient (Wildman–Crippen LogP) is 2.34. The number of nitrogens with one attached hydrogen (secondary N) is 1. The van der Waals surface area contributed by atoms with Crippen molar-refractivity contribution in [3.63, 3.8) is 0 Å². The number of likely N-dealkylation sites (N-methyl/N-ethyl adjacent to an activating group) is 1. The zero-order chi connectivity index (χ0) is 17.4. The predicted molar refractivity (Wildman–Crippen MR) is 96.2 cm³/mol. The number of hydrogen-bond acceptors (Lipinski definition) is 4. The van der Waals surface area contributed by atoms with Crippen LogP contribution in [0.25, 0.3) is 0 Å². The molecule has 1 aromatic rings. The smallest absolute Gasteiger partial charge is 0.224 e. The Balaban J connectivity index is 1.47. The van der Waals surface area contributed by atoms with Gasteiger partial charge in [0.15, 0.2) is 0 Å². The highest BCUT2D eigenvalue weighted by Crippen LogP contribution is 2.61. The van der Waals surface area contributed by atoms with Crippen LogP contribution in [0, 0.1) is 5.92 Å². The number of amides is 1. The maximum Gasteiger partial charge on any atom is 0.224 e. The number of fused-ring (bicyclic) bond motifs is 2. The van der Waals surface area contributed by atoms with Crippen LogP contribution in [0.15, 0.2) is 18.2 Å². The van der Waals surface area contributed by atoms with E-state index in [0.29, 0.717) is 12.6 Å². The van der Waals surface area contributed by atoms with Gasteiger partial charge in [0.1, 0.15) is 11.5 Å². The average Bonchev–Trinajstić information content (AvgIpc) is 3.37. The summed E-state index contributed by atoms with van der Waals surface area (Å²) in [5, 5.41) is 3.32. The van der Waals surface area contributed by atoms with Gasteiger partial charge in [0.2, 0.25) is 5.91 Å². The number of hydrogen-bond donors (Lipinski definition) is 1. The van der Waals surface area contributed by atoms with Crippen LogP contribution >= 0.6 is 0 Å². The molecule has 136 valence electrons. The molecule has 25 heavy (non-hydrogen) atoms. The molecule has 5 nitrogen and oxygen atoms in total. The van der Waals surface area contributed by atoms with E-state index in [1.807, 2.05) is 12.1 Å². The van der Waals surface area contributed by atoms with Crippen LogP contribution in [-0.2, 0) is 10.2 Å². The first-order chi connectivity index (χ1) is 12.2. The molecular formula is C20H28N2O3. The molecule has 0 unspecified atom stereocenters. The molecule has 1 aliphatic carbocycles. The van der Waals surface area contributed by atoms with Gasteiger partial charge >= 0.3 is 0 Å². The van der Waals surface area contributed by atoms with E-state index in [0.717, 1.165) is 56.0 Å². The van der Waals surface area contributed by atoms with Crippen molar-refractivity contribution in [3.05, 3.63) is 23.8 Å². The molecule has 2 fully saturated rings. The summed E-state index contributed by atoms with van der Waals surface area (Å²) in [5.74, 6) is 2.04. The molecule has 3 atom stereocenters. The highest BCUT2D eigenvalue weighted by molar-refractivity contribution is 5.85. The van der Waals surface area contributed by atoms with Gasteiger partial charge in [-0.3, -0.25) is 4.79 Å². The molecule has 1 saturated heterocycles. The Morgan fingerprint density at radius 3 is 3.16 bits per heavy atom. The lowest BCUT2D eigenvalue weighted by Gasteiger charge is -2.33. The van der Waals surface area contributed by atoms with Crippen LogP contribution < -0.4 is 14.8 Å². The number of rotatable bonds is 4. The van der Waals surface area contributed by atoms with Crippen molar-refractivity contribution in [1.29, 1.82) is 0 Å². The topological polar surface area (TPSA) is 50.8 Å². The fraction of sp³-hybridized carbons (Fsp3) is 0.650. The lowest BCUT2D eigenvalue weighted by atomic mass is 9.87. The molecule has 2 heterocycles. The summed E-state index contributed by atoms with van der Waals surface area (Å²) in [4.78, 5) is 15.3. The number of benzene rings is 1. The van der Waals surface area contributed by atoms with Crippen molar-refractivity contribution in [3.8, 4) is 11.5 Å². The average molecular weight is 344 g/mol. The molecule has 1 N–H and O–H groups in total. The number of likely N-dealkylation sites (tertiary alicyclic amines) is 1. The second kappa shape index (κ2) is 6.52. The van der Waals surface area contributed by atoms with E-state index in [1.54, 1.807) is 7.11 Å². The van der Waals surface area contributed by atoms with Crippen LogP contribution in [0.3, 0.4) is 0 Å². The zero-order valence-electron chi connectivity index (χ0n) is 15.2. The monoisotopic (exact) mass is 344 g/mol. The molecule has 0 bridgehead atoms. The first-order valence-electron chi connectivity index (χ1n) is 9.50. The van der Waals surface area contributed by atoms with E-state index in [1.165, 1.54) is 6.42 Å². The minimum absolute atomic E-state index is 0.0503. The Morgan fingerprint density at radius 1 is 1.48 bits per heavy atom. The fourth-order valence-electron chi connectivity index (χ4n) is 4.61. The molecule has 4 rings (SSSR count). The quantitative estimate of drug-likeness (QED) is 0.911. The first-order valence-corrected chi connectivity index (χ1v) is 9.50. The number of methoxy groups -OCH3 is 1. The second-order valence-electron chi connectivity index (χ2n) is 7.61. The number of carbonyl (C=O) groups is 1. The molecule has 1 amide bonds. The largest absolute Gasteiger partial charge is 0.497 e. The van der Waals surface area contributed by atoms with Crippen molar-refractivity contribution >= 4 is 5.91 Å². The number of nitrogens with zero attached hydrogens (tertiary/aromatic N) is 1. The molecule has 3 aliphatic rings. The van der Waals surface area contributed by atoms with Gasteiger partial charge in [0, 0.05) is 29.5 Å². The lowest BCUT2D eigenvalue weighted by molar-refractivity contribution is -0.123. The van der Waals surface area contributed by atoms with E-state index in [-0.39, 0.29) is 17.2 Å². The van der Waals surface area contributed by atoms with Gasteiger partial charge in [-0.15, -0.1) is 0 Å². The van der Waals surface area contributed by atoms with Crippen LogP contribution in [0.1, 0.15) is 38.2 Å². The Bertz CT molecular complexity index is 662. The number of ether oxygens (including phenoxy) is 2. The molecule has 1 aromatic carbocycles. The van der Waals surface area contributed by atoms with Crippen molar-refractivity contribution in [2.45, 2.75) is 44.1 Å². The molecule has 1 saturated carbocycles. The third-order valence-electron chi connectivity index (χ3n) is 6.22. The van der Waals surface area contributed by atoms with Crippen LogP contribution in [-0.4, -0.2) is 50.2 Å². The highest BCUT2D eigenvalue weighted by atomic mass is 16.5. The lowest BCUT2D eigenvalue weighted by Crippen LogP contribution is -2.48. The van der Waals surface area contributed by atoms with Crippen molar-refractivity contribution < 1.29 is 14.3 Å². The zero-order valence-corrected chi connectivity index (χ0v) is 15.2. The van der Waals surface area contributed by atoms with Gasteiger partial charge in [0.25, 0.3) is 0 Å². The first kappa shape index (κ1) is 16.7. The Morgan fingerprint density at radius 2 is 2.36 bits per heavy atom. The summed E-state index contributed by atoms with van der Waals surface area (Å²) < 4.78 is 11.2. The van der Waals surface area contributed by atoms with E-state index < -0.39 is 0 Å². The van der Waals surface area contributed by atoms with Crippen molar-refractivity contribution in [2.75, 3.05) is 33.4 Å². The summed E-state index contributed by atoms with van der Waals surface area (Å²) in [6, 6.07) is 6.25. The molecular weight excluding hydrogens is 316 g/mol. The van der Waals surface area contributed by atoms with Gasteiger partial charge in [-0.05, 0) is 57.0 Å². The number of piperidine rings is 1. The Kier molecular flexibility index (Phi) is 4.36. The van der Waals surface area contributed by atoms with Gasteiger partial charge in [-0.2, -0.15) is 0 Å². The maximum atomic E-state index is 12.9. The summed E-state index contributed by atoms with van der Waals surface area (Å²) >= 11 is 0. The van der Waals surface area contributed by atoms with Crippen LogP contribution in [0.5, 0.6) is 11.5 Å². The normalized spacial score (nSPS) is 31.1. The van der Waals surface area contributed by atoms with E-state index in [9.17, 15) is 4.79 Å². The summed E-state index contributed by atoms with van der Waals surface area (Å²) in [6.07, 6.45) is 4.10. The third kappa shape index (κ3) is 2.99. The van der Waals surface area contributed by atoms with Crippen LogP contribution in [0.2, 0.25) is 0 Å². The summed E-state index contributed by atoms with van der Waals surface area (Å²) in [7, 11) is 1.68. The summed E-state index contributed by atoms with van der Waals surface area (Å²) in [6.45, 7) is 6.07. The fourth-order valence-corrected chi connectivity index (χ4v) is 4.61. The molecule has 5 heteroatoms. The standard InChI is InChI=1S/C20H28N2O3/c1-3-22-9-4-5-14(13-22)21-19(23)17-12-20(17)8-10-25-18-7-6-15(24-2)11-16(18)20/h6-7,11,14,17H,3-5,8-10,12-13H2,1-2H3,(H,21,23)/t14-,17-,20-/m1/s1. The van der Waals surface area contributed by atoms with Gasteiger partial charge < -0.3 is 19.7 Å². The molecule has 2 aliphatic heterocycles. The maximum absolute atomic E-state index is 12.9. The van der Waals surface area contributed by atoms with Crippen molar-refractivity contribution in [2.24, 2.45) is 5.92 Å². The highest BCUT2D eigenvalue weighted by Gasteiger charge is 2.61. The minimum atomic E-state index is -0.0503. The Labute approximate surface area is 149 Å². The van der Waals surface area contributed by atoms with Gasteiger partial charge in [-0.1, -0.05) is 6.92 Å². The number of carbonyl (C=O) groups excluding carboxylic acids is 1. The summed E-state index contributed by atoms with van der Waals surface area (Å²) in [5.41, 5.74) is 1.10. The molecule has 1 spiro atoms. The van der Waals surface area contributed by atoms with E-state index in [2.05, 4.69) is 23.2 Å². The second-order valence-corrected chi connectivity index (χ2v) is 7.61. The van der Waals surface area contributed by atoms with E-state index >= 15 is 0 Å².